The van der Waals surface area contributed by atoms with Crippen LogP contribution in [0.3, 0.4) is 0 Å². The van der Waals surface area contributed by atoms with E-state index in [9.17, 15) is 9.59 Å². The molecule has 3 rings (SSSR count). The number of nitrogens with one attached hydrogen (secondary N) is 2. The number of benzene rings is 3. The molecule has 2 amide bonds. The Labute approximate surface area is 169 Å². The van der Waals surface area contributed by atoms with Crippen molar-refractivity contribution in [3.63, 3.8) is 0 Å². The lowest BCUT2D eigenvalue weighted by Crippen LogP contribution is -2.15. The van der Waals surface area contributed by atoms with E-state index in [0.29, 0.717) is 29.3 Å². The summed E-state index contributed by atoms with van der Waals surface area (Å²) >= 11 is 0. The summed E-state index contributed by atoms with van der Waals surface area (Å²) in [6.45, 7) is 1.82. The van der Waals surface area contributed by atoms with E-state index in [-0.39, 0.29) is 11.8 Å². The van der Waals surface area contributed by atoms with Crippen molar-refractivity contribution in [1.29, 1.82) is 0 Å². The van der Waals surface area contributed by atoms with Crippen LogP contribution in [0.4, 0.5) is 11.4 Å². The molecule has 0 aliphatic rings. The highest BCUT2D eigenvalue weighted by Gasteiger charge is 2.12. The Bertz CT molecular complexity index is 986. The number of methoxy groups -OCH3 is 1. The van der Waals surface area contributed by atoms with Gasteiger partial charge in [0.1, 0.15) is 18.1 Å². The smallest absolute Gasteiger partial charge is 0.255 e. The summed E-state index contributed by atoms with van der Waals surface area (Å²) in [6, 6.07) is 21.7. The molecule has 0 fully saturated rings. The fourth-order valence-corrected chi connectivity index (χ4v) is 2.68. The van der Waals surface area contributed by atoms with Gasteiger partial charge in [-0.05, 0) is 42.0 Å². The molecular weight excluding hydrogens is 368 g/mol. The van der Waals surface area contributed by atoms with Gasteiger partial charge in [0.05, 0.1) is 18.5 Å². The van der Waals surface area contributed by atoms with Gasteiger partial charge in [0.2, 0.25) is 5.91 Å². The summed E-state index contributed by atoms with van der Waals surface area (Å²) in [7, 11) is 1.54. The van der Waals surface area contributed by atoms with E-state index in [1.54, 1.807) is 30.3 Å². The summed E-state index contributed by atoms with van der Waals surface area (Å²) in [4.78, 5) is 24.1. The topological polar surface area (TPSA) is 76.7 Å². The highest BCUT2D eigenvalue weighted by Crippen LogP contribution is 2.27. The monoisotopic (exact) mass is 390 g/mol. The van der Waals surface area contributed by atoms with Crippen molar-refractivity contribution in [2.45, 2.75) is 13.5 Å². The molecule has 0 aromatic heterocycles. The van der Waals surface area contributed by atoms with Crippen LogP contribution in [0.15, 0.2) is 72.8 Å². The number of rotatable bonds is 7. The molecule has 0 spiro atoms. The van der Waals surface area contributed by atoms with Crippen LogP contribution in [0.25, 0.3) is 0 Å². The van der Waals surface area contributed by atoms with Crippen molar-refractivity contribution in [2.24, 2.45) is 0 Å². The molecule has 2 N–H and O–H groups in total. The number of ether oxygens (including phenoxy) is 2. The van der Waals surface area contributed by atoms with Gasteiger partial charge in [-0.25, -0.2) is 0 Å². The van der Waals surface area contributed by atoms with Crippen molar-refractivity contribution < 1.29 is 19.1 Å². The van der Waals surface area contributed by atoms with Crippen LogP contribution < -0.4 is 20.1 Å². The predicted molar refractivity (Wildman–Crippen MR) is 112 cm³/mol. The maximum Gasteiger partial charge on any atom is 0.255 e. The van der Waals surface area contributed by atoms with E-state index >= 15 is 0 Å². The van der Waals surface area contributed by atoms with Gasteiger partial charge in [0, 0.05) is 18.6 Å². The van der Waals surface area contributed by atoms with Gasteiger partial charge < -0.3 is 20.1 Å². The second kappa shape index (κ2) is 9.41. The quantitative estimate of drug-likeness (QED) is 0.623. The van der Waals surface area contributed by atoms with Gasteiger partial charge >= 0.3 is 0 Å². The largest absolute Gasteiger partial charge is 0.497 e. The fourth-order valence-electron chi connectivity index (χ4n) is 2.68. The number of hydrogen-bond acceptors (Lipinski definition) is 4. The van der Waals surface area contributed by atoms with Crippen LogP contribution >= 0.6 is 0 Å². The van der Waals surface area contributed by atoms with E-state index in [1.165, 1.54) is 14.0 Å². The van der Waals surface area contributed by atoms with Crippen LogP contribution in [0.1, 0.15) is 22.8 Å². The molecule has 3 aromatic carbocycles. The Morgan fingerprint density at radius 1 is 0.828 bits per heavy atom. The van der Waals surface area contributed by atoms with Crippen molar-refractivity contribution in [3.8, 4) is 11.5 Å². The molecule has 3 aromatic rings. The average Bonchev–Trinajstić information content (AvgIpc) is 2.74. The molecule has 0 bridgehead atoms. The Morgan fingerprint density at radius 3 is 2.21 bits per heavy atom. The third-order valence-corrected chi connectivity index (χ3v) is 4.15. The number of amides is 2. The van der Waals surface area contributed by atoms with Gasteiger partial charge in [0.15, 0.2) is 0 Å². The lowest BCUT2D eigenvalue weighted by molar-refractivity contribution is -0.114. The van der Waals surface area contributed by atoms with Crippen LogP contribution in [-0.4, -0.2) is 18.9 Å². The van der Waals surface area contributed by atoms with Crippen LogP contribution in [0, 0.1) is 0 Å². The third-order valence-electron chi connectivity index (χ3n) is 4.15. The Balaban J connectivity index is 1.68. The van der Waals surface area contributed by atoms with Crippen molar-refractivity contribution >= 4 is 23.2 Å². The van der Waals surface area contributed by atoms with Gasteiger partial charge in [-0.15, -0.1) is 0 Å². The predicted octanol–water partition coefficient (Wildman–Crippen LogP) is 4.48. The van der Waals surface area contributed by atoms with Crippen molar-refractivity contribution in [2.75, 3.05) is 17.7 Å². The molecule has 148 valence electrons. The number of anilines is 2. The Morgan fingerprint density at radius 2 is 1.55 bits per heavy atom. The SMILES string of the molecule is COc1ccc(NC(C)=O)c(NC(=O)c2ccc(COc3ccccc3)cc2)c1. The normalized spacial score (nSPS) is 10.1. The lowest BCUT2D eigenvalue weighted by Gasteiger charge is -2.13. The van der Waals surface area contributed by atoms with E-state index in [0.717, 1.165) is 11.3 Å². The minimum Gasteiger partial charge on any atom is -0.497 e. The van der Waals surface area contributed by atoms with Crippen LogP contribution in [-0.2, 0) is 11.4 Å². The first kappa shape index (κ1) is 19.9. The summed E-state index contributed by atoms with van der Waals surface area (Å²) in [5.41, 5.74) is 2.40. The van der Waals surface area contributed by atoms with Crippen molar-refractivity contribution in [3.05, 3.63) is 83.9 Å². The molecule has 29 heavy (non-hydrogen) atoms. The summed E-state index contributed by atoms with van der Waals surface area (Å²) < 4.78 is 10.9. The third kappa shape index (κ3) is 5.59. The first-order valence-electron chi connectivity index (χ1n) is 9.09. The number of carbonyl (C=O) groups excluding carboxylic acids is 2. The standard InChI is InChI=1S/C23H22N2O4/c1-16(26)24-21-13-12-20(28-2)14-22(21)25-23(27)18-10-8-17(9-11-18)15-29-19-6-4-3-5-7-19/h3-14H,15H2,1-2H3,(H,24,26)(H,25,27). The van der Waals surface area contributed by atoms with Crippen molar-refractivity contribution in [1.82, 2.24) is 0 Å². The summed E-state index contributed by atoms with van der Waals surface area (Å²) in [5.74, 6) is 0.842. The Hall–Kier alpha value is -3.80. The summed E-state index contributed by atoms with van der Waals surface area (Å²) in [6.07, 6.45) is 0. The number of carbonyl (C=O) groups is 2. The first-order valence-corrected chi connectivity index (χ1v) is 9.09. The van der Waals surface area contributed by atoms with E-state index < -0.39 is 0 Å². The van der Waals surface area contributed by atoms with Gasteiger partial charge in [-0.2, -0.15) is 0 Å². The molecule has 0 radical (unpaired) electrons. The lowest BCUT2D eigenvalue weighted by atomic mass is 10.1. The molecule has 6 nitrogen and oxygen atoms in total. The second-order valence-electron chi connectivity index (χ2n) is 6.35. The first-order chi connectivity index (χ1) is 14.0. The van der Waals surface area contributed by atoms with E-state index in [1.807, 2.05) is 42.5 Å². The zero-order valence-electron chi connectivity index (χ0n) is 16.3. The number of para-hydroxylation sites is 1. The molecule has 0 heterocycles. The van der Waals surface area contributed by atoms with Gasteiger partial charge in [-0.1, -0.05) is 30.3 Å². The maximum absolute atomic E-state index is 12.6. The second-order valence-corrected chi connectivity index (χ2v) is 6.35. The van der Waals surface area contributed by atoms with E-state index in [4.69, 9.17) is 9.47 Å². The average molecular weight is 390 g/mol. The van der Waals surface area contributed by atoms with Crippen LogP contribution in [0.5, 0.6) is 11.5 Å². The minimum absolute atomic E-state index is 0.228. The molecule has 0 atom stereocenters. The molecule has 6 heteroatoms. The Kier molecular flexibility index (Phi) is 6.47. The summed E-state index contributed by atoms with van der Waals surface area (Å²) in [5, 5.41) is 5.52. The van der Waals surface area contributed by atoms with E-state index in [2.05, 4.69) is 10.6 Å². The molecule has 0 aliphatic heterocycles. The zero-order valence-corrected chi connectivity index (χ0v) is 16.3. The fraction of sp³-hybridized carbons (Fsp3) is 0.130. The zero-order chi connectivity index (χ0) is 20.6. The van der Waals surface area contributed by atoms with Gasteiger partial charge in [0.25, 0.3) is 5.91 Å². The number of hydrogen-bond donors (Lipinski definition) is 2. The highest BCUT2D eigenvalue weighted by atomic mass is 16.5. The minimum atomic E-state index is -0.291. The van der Waals surface area contributed by atoms with Crippen LogP contribution in [0.2, 0.25) is 0 Å². The highest BCUT2D eigenvalue weighted by molar-refractivity contribution is 6.07. The molecule has 0 unspecified atom stereocenters. The molecular formula is C23H22N2O4. The molecule has 0 saturated heterocycles. The molecule has 0 saturated carbocycles. The molecule has 0 aliphatic carbocycles. The maximum atomic E-state index is 12.6. The van der Waals surface area contributed by atoms with Gasteiger partial charge in [-0.3, -0.25) is 9.59 Å².